The van der Waals surface area contributed by atoms with E-state index in [0.717, 1.165) is 35.5 Å². The van der Waals surface area contributed by atoms with Gasteiger partial charge in [0.15, 0.2) is 0 Å². The van der Waals surface area contributed by atoms with Crippen molar-refractivity contribution in [1.82, 2.24) is 20.6 Å². The van der Waals surface area contributed by atoms with E-state index in [9.17, 15) is 4.79 Å². The number of carbonyl (C=O) groups excluding carboxylic acids is 1. The van der Waals surface area contributed by atoms with Crippen molar-refractivity contribution in [2.24, 2.45) is 0 Å². The van der Waals surface area contributed by atoms with Gasteiger partial charge in [-0.15, -0.1) is 0 Å². The smallest absolute Gasteiger partial charge is 0.244 e. The highest BCUT2D eigenvalue weighted by Gasteiger charge is 2.34. The summed E-state index contributed by atoms with van der Waals surface area (Å²) >= 11 is 0. The predicted molar refractivity (Wildman–Crippen MR) is 94.9 cm³/mol. The molecule has 2 aliphatic rings. The number of imidazole rings is 1. The van der Waals surface area contributed by atoms with Crippen molar-refractivity contribution in [1.29, 1.82) is 0 Å². The zero-order chi connectivity index (χ0) is 16.8. The Morgan fingerprint density at radius 2 is 1.72 bits per heavy atom. The number of aromatic nitrogens is 2. The molecule has 0 fully saturated rings. The minimum Gasteiger partial charge on any atom is -0.348 e. The lowest BCUT2D eigenvalue weighted by molar-refractivity contribution is -0.124. The lowest BCUT2D eigenvalue weighted by Gasteiger charge is -2.24. The van der Waals surface area contributed by atoms with Crippen LogP contribution >= 0.6 is 0 Å². The first-order valence-corrected chi connectivity index (χ1v) is 8.57. The van der Waals surface area contributed by atoms with Crippen LogP contribution in [-0.4, -0.2) is 22.4 Å². The molecule has 2 aromatic carbocycles. The second kappa shape index (κ2) is 5.57. The number of hydrogen-bond acceptors (Lipinski definition) is 3. The molecule has 2 heterocycles. The number of nitrogens with zero attached hydrogens (tertiary/aromatic N) is 1. The fourth-order valence-electron chi connectivity index (χ4n) is 3.97. The van der Waals surface area contributed by atoms with Crippen LogP contribution in [-0.2, 0) is 11.2 Å². The van der Waals surface area contributed by atoms with E-state index in [2.05, 4.69) is 44.9 Å². The van der Waals surface area contributed by atoms with E-state index in [1.165, 1.54) is 11.1 Å². The number of H-pyrrole nitrogens is 1. The van der Waals surface area contributed by atoms with Crippen molar-refractivity contribution >= 4 is 5.91 Å². The minimum atomic E-state index is -0.407. The molecule has 25 heavy (non-hydrogen) atoms. The van der Waals surface area contributed by atoms with Crippen molar-refractivity contribution in [3.63, 3.8) is 0 Å². The molecule has 5 nitrogen and oxygen atoms in total. The van der Waals surface area contributed by atoms with Crippen LogP contribution in [0.2, 0.25) is 0 Å². The largest absolute Gasteiger partial charge is 0.348 e. The molecule has 0 saturated carbocycles. The number of amides is 1. The third kappa shape index (κ3) is 2.20. The van der Waals surface area contributed by atoms with Crippen molar-refractivity contribution in [3.8, 4) is 11.1 Å². The number of rotatable bonds is 2. The van der Waals surface area contributed by atoms with Crippen LogP contribution in [0.3, 0.4) is 0 Å². The average molecular weight is 330 g/mol. The summed E-state index contributed by atoms with van der Waals surface area (Å²) in [4.78, 5) is 20.5. The standard InChI is InChI=1S/C20H18N4O/c25-20(19-18-16(9-10-21-19)22-11-23-18)24-17-14-7-3-1-5-12(14)13-6-2-4-8-15(13)17/h1-8,11,17,19,21H,9-10H2,(H,22,23)(H,24,25)/t19-/m1/s1. The zero-order valence-corrected chi connectivity index (χ0v) is 13.6. The van der Waals surface area contributed by atoms with Gasteiger partial charge in [0.2, 0.25) is 5.91 Å². The third-order valence-corrected chi connectivity index (χ3v) is 5.13. The summed E-state index contributed by atoms with van der Waals surface area (Å²) in [5.74, 6) is -0.0374. The fourth-order valence-corrected chi connectivity index (χ4v) is 3.97. The van der Waals surface area contributed by atoms with E-state index in [0.29, 0.717) is 0 Å². The van der Waals surface area contributed by atoms with Crippen LogP contribution in [0, 0.1) is 0 Å². The van der Waals surface area contributed by atoms with Crippen molar-refractivity contribution in [2.45, 2.75) is 18.5 Å². The van der Waals surface area contributed by atoms with E-state index < -0.39 is 6.04 Å². The Morgan fingerprint density at radius 3 is 2.44 bits per heavy atom. The molecule has 124 valence electrons. The highest BCUT2D eigenvalue weighted by molar-refractivity contribution is 5.87. The maximum atomic E-state index is 13.0. The van der Waals surface area contributed by atoms with Crippen LogP contribution in [0.25, 0.3) is 11.1 Å². The Labute approximate surface area is 145 Å². The van der Waals surface area contributed by atoms with E-state index >= 15 is 0 Å². The second-order valence-electron chi connectivity index (χ2n) is 6.52. The van der Waals surface area contributed by atoms with E-state index in [-0.39, 0.29) is 11.9 Å². The van der Waals surface area contributed by atoms with E-state index in [1.54, 1.807) is 6.33 Å². The predicted octanol–water partition coefficient (Wildman–Crippen LogP) is 2.48. The van der Waals surface area contributed by atoms with Crippen LogP contribution in [0.4, 0.5) is 0 Å². The molecule has 3 aromatic rings. The van der Waals surface area contributed by atoms with E-state index in [4.69, 9.17) is 0 Å². The van der Waals surface area contributed by atoms with Crippen LogP contribution in [0.1, 0.15) is 34.6 Å². The number of hydrogen-bond donors (Lipinski definition) is 3. The summed E-state index contributed by atoms with van der Waals surface area (Å²) in [5, 5.41) is 6.52. The first-order chi connectivity index (χ1) is 12.3. The number of nitrogens with one attached hydrogen (secondary N) is 3. The highest BCUT2D eigenvalue weighted by Crippen LogP contribution is 2.43. The topological polar surface area (TPSA) is 69.8 Å². The maximum absolute atomic E-state index is 13.0. The van der Waals surface area contributed by atoms with Gasteiger partial charge in [0, 0.05) is 18.7 Å². The molecule has 1 aliphatic heterocycles. The quantitative estimate of drug-likeness (QED) is 0.676. The summed E-state index contributed by atoms with van der Waals surface area (Å²) in [6, 6.07) is 16.0. The first kappa shape index (κ1) is 14.4. The number of carbonyl (C=O) groups is 1. The van der Waals surface area contributed by atoms with Crippen molar-refractivity contribution < 1.29 is 4.79 Å². The molecular weight excluding hydrogens is 312 g/mol. The molecule has 3 N–H and O–H groups in total. The molecule has 0 bridgehead atoms. The normalized spacial score (nSPS) is 18.3. The molecule has 1 aromatic heterocycles. The summed E-state index contributed by atoms with van der Waals surface area (Å²) in [7, 11) is 0. The summed E-state index contributed by atoms with van der Waals surface area (Å²) < 4.78 is 0. The number of fused-ring (bicyclic) bond motifs is 4. The van der Waals surface area contributed by atoms with Gasteiger partial charge in [0.25, 0.3) is 0 Å². The Kier molecular flexibility index (Phi) is 3.21. The van der Waals surface area contributed by atoms with Gasteiger partial charge >= 0.3 is 0 Å². The summed E-state index contributed by atoms with van der Waals surface area (Å²) in [5.41, 5.74) is 6.54. The molecule has 0 saturated heterocycles. The lowest BCUT2D eigenvalue weighted by atomic mass is 10.0. The second-order valence-corrected chi connectivity index (χ2v) is 6.52. The van der Waals surface area contributed by atoms with Gasteiger partial charge in [-0.1, -0.05) is 48.5 Å². The Morgan fingerprint density at radius 1 is 1.04 bits per heavy atom. The fraction of sp³-hybridized carbons (Fsp3) is 0.200. The lowest BCUT2D eigenvalue weighted by Crippen LogP contribution is -2.42. The van der Waals surface area contributed by atoms with Crippen LogP contribution < -0.4 is 10.6 Å². The molecule has 1 atom stereocenters. The van der Waals surface area contributed by atoms with Gasteiger partial charge in [0.05, 0.1) is 18.1 Å². The first-order valence-electron chi connectivity index (χ1n) is 8.57. The zero-order valence-electron chi connectivity index (χ0n) is 13.6. The molecule has 5 rings (SSSR count). The monoisotopic (exact) mass is 330 g/mol. The Bertz CT molecular complexity index is 916. The summed E-state index contributed by atoms with van der Waals surface area (Å²) in [6.45, 7) is 0.769. The highest BCUT2D eigenvalue weighted by atomic mass is 16.2. The average Bonchev–Trinajstić information content (AvgIpc) is 3.25. The van der Waals surface area contributed by atoms with Crippen LogP contribution in [0.15, 0.2) is 54.9 Å². The van der Waals surface area contributed by atoms with Gasteiger partial charge in [-0.2, -0.15) is 0 Å². The Hall–Kier alpha value is -2.92. The van der Waals surface area contributed by atoms with E-state index in [1.807, 2.05) is 24.3 Å². The molecule has 0 radical (unpaired) electrons. The van der Waals surface area contributed by atoms with Crippen LogP contribution in [0.5, 0.6) is 0 Å². The van der Waals surface area contributed by atoms with Gasteiger partial charge in [-0.25, -0.2) is 4.98 Å². The van der Waals surface area contributed by atoms with Crippen molar-refractivity contribution in [2.75, 3.05) is 6.54 Å². The molecule has 0 unspecified atom stereocenters. The molecular formula is C20H18N4O. The molecule has 5 heteroatoms. The van der Waals surface area contributed by atoms with Gasteiger partial charge < -0.3 is 15.6 Å². The molecule has 0 spiro atoms. The maximum Gasteiger partial charge on any atom is 0.244 e. The SMILES string of the molecule is O=C(NC1c2ccccc2-c2ccccc21)[C@@H]1NCCc2[nH]cnc21. The van der Waals surface area contributed by atoms with Gasteiger partial charge in [0.1, 0.15) is 6.04 Å². The molecule has 1 aliphatic carbocycles. The number of benzene rings is 2. The Balaban J connectivity index is 1.50. The minimum absolute atomic E-state index is 0.0374. The van der Waals surface area contributed by atoms with Crippen molar-refractivity contribution in [3.05, 3.63) is 77.4 Å². The summed E-state index contributed by atoms with van der Waals surface area (Å²) in [6.07, 6.45) is 2.53. The number of aromatic amines is 1. The third-order valence-electron chi connectivity index (χ3n) is 5.13. The van der Waals surface area contributed by atoms with Gasteiger partial charge in [-0.05, 0) is 22.3 Å². The van der Waals surface area contributed by atoms with Gasteiger partial charge in [-0.3, -0.25) is 4.79 Å². The molecule has 1 amide bonds.